The molecule has 103 heavy (non-hydrogen) atoms. The lowest BCUT2D eigenvalue weighted by Gasteiger charge is -2.21. The Balaban J connectivity index is 4.55. The summed E-state index contributed by atoms with van der Waals surface area (Å²) in [5.74, 6) is -1.60. The largest absolute Gasteiger partial charge is 0.472 e. The fraction of sp³-hybridized carbons (Fsp3) is 0.682. The van der Waals surface area contributed by atoms with Crippen LogP contribution in [0.3, 0.4) is 0 Å². The van der Waals surface area contributed by atoms with E-state index in [4.69, 9.17) is 32.3 Å². The van der Waals surface area contributed by atoms with Crippen LogP contribution in [-0.2, 0) is 55.8 Å². The number of unbranched alkanes of at least 4 members (excludes halogenated alkanes) is 28. The number of aliphatic hydroxyl groups excluding tert-OH is 2. The molecule has 0 bridgehead atoms. The zero-order chi connectivity index (χ0) is 75.2. The van der Waals surface area contributed by atoms with E-state index < -0.39 is 91.5 Å². The highest BCUT2D eigenvalue weighted by molar-refractivity contribution is 7.47. The number of allylic oxidation sites excluding steroid dienone is 24. The molecular formula is C85H144O16P2. The van der Waals surface area contributed by atoms with Crippen molar-refractivity contribution in [2.45, 2.75) is 334 Å². The van der Waals surface area contributed by atoms with Crippen molar-refractivity contribution in [3.05, 3.63) is 146 Å². The summed E-state index contributed by atoms with van der Waals surface area (Å²) in [6.07, 6.45) is 94.6. The Bertz CT molecular complexity index is 2450. The highest BCUT2D eigenvalue weighted by Gasteiger charge is 2.29. The van der Waals surface area contributed by atoms with Gasteiger partial charge in [-0.15, -0.1) is 0 Å². The van der Waals surface area contributed by atoms with Crippen molar-refractivity contribution in [3.8, 4) is 0 Å². The fourth-order valence-corrected chi connectivity index (χ4v) is 12.1. The normalized spacial score (nSPS) is 14.7. The van der Waals surface area contributed by atoms with Crippen molar-refractivity contribution in [2.24, 2.45) is 0 Å². The van der Waals surface area contributed by atoms with Gasteiger partial charge in [-0.1, -0.05) is 301 Å². The first-order valence-electron chi connectivity index (χ1n) is 40.1. The number of carbonyl (C=O) groups excluding carboxylic acids is 3. The monoisotopic (exact) mass is 1480 g/mol. The van der Waals surface area contributed by atoms with Gasteiger partial charge in [-0.05, 0) is 141 Å². The number of ether oxygens (including phenoxy) is 3. The van der Waals surface area contributed by atoms with Crippen LogP contribution in [0.5, 0.6) is 0 Å². The van der Waals surface area contributed by atoms with Gasteiger partial charge < -0.3 is 34.2 Å². The van der Waals surface area contributed by atoms with E-state index >= 15 is 0 Å². The van der Waals surface area contributed by atoms with Crippen molar-refractivity contribution in [1.82, 2.24) is 0 Å². The Kier molecular flexibility index (Phi) is 73.6. The molecule has 0 heterocycles. The van der Waals surface area contributed by atoms with Crippen LogP contribution in [0.25, 0.3) is 0 Å². The zero-order valence-electron chi connectivity index (χ0n) is 64.4. The predicted molar refractivity (Wildman–Crippen MR) is 426 cm³/mol. The summed E-state index contributed by atoms with van der Waals surface area (Å²) >= 11 is 0. The summed E-state index contributed by atoms with van der Waals surface area (Å²) < 4.78 is 61.2. The maximum absolute atomic E-state index is 13.0. The van der Waals surface area contributed by atoms with Gasteiger partial charge in [-0.25, -0.2) is 9.13 Å². The number of aliphatic hydroxyl groups is 2. The van der Waals surface area contributed by atoms with Gasteiger partial charge in [0, 0.05) is 19.3 Å². The van der Waals surface area contributed by atoms with Crippen molar-refractivity contribution in [1.29, 1.82) is 0 Å². The molecule has 5 unspecified atom stereocenters. The third-order valence-corrected chi connectivity index (χ3v) is 18.4. The van der Waals surface area contributed by atoms with E-state index in [9.17, 15) is 43.5 Å². The second kappa shape index (κ2) is 77.1. The molecule has 0 saturated heterocycles. The van der Waals surface area contributed by atoms with Gasteiger partial charge in [0.05, 0.1) is 26.4 Å². The number of rotatable bonds is 75. The van der Waals surface area contributed by atoms with Gasteiger partial charge in [0.2, 0.25) is 0 Å². The summed E-state index contributed by atoms with van der Waals surface area (Å²) in [6, 6.07) is 0. The third-order valence-electron chi connectivity index (χ3n) is 16.5. The first kappa shape index (κ1) is 98.4. The number of hydrogen-bond donors (Lipinski definition) is 4. The molecule has 4 N–H and O–H groups in total. The molecule has 0 aromatic heterocycles. The highest BCUT2D eigenvalue weighted by atomic mass is 31.2. The number of esters is 3. The molecule has 18 heteroatoms. The summed E-state index contributed by atoms with van der Waals surface area (Å²) in [6.45, 7) is 2.41. The van der Waals surface area contributed by atoms with E-state index in [1.807, 2.05) is 0 Å². The standard InChI is InChI=1S/C85H144O16P2/c1-4-7-10-13-16-19-22-25-28-30-32-34-36-37-38-39-40-41-43-45-46-48-51-53-56-59-62-65-68-71-83(88)95-74-80(86)75-97-102(91,92)98-76-81(87)77-99-103(93,94)100-79-82(101-85(90)73-70-67-64-61-58-55-50-27-24-21-18-15-12-9-6-3)78-96-84(89)72-69-66-63-60-57-54-52-49-47-44-42-35-33-31-29-26-23-20-17-14-11-8-5-2/h7-8,10-11,16-21,25-29,32-35,37-38,44,47,50,80-82,86-87H,4-6,9,12-15,22-24,30-31,36,39-43,45-46,48-49,51-79H2,1-3H3,(H,91,92)(H,93,94)/b10-7-,11-8-,19-16-,20-17-,21-18-,28-25-,29-26-,34-32-,35-33-,38-37-,47-44-,50-27-. The SMILES string of the molecule is CC/C=C\C/C=C\C/C=C\C/C=C\C/C=C\CCCCCCCCCCCCCCCC(=O)OCC(O)COP(=O)(O)OCC(O)COP(=O)(O)OCC(COC(=O)CCCCCCCCC/C=C\C/C=C\C/C=C\C/C=C\C/C=C\CC)OC(=O)CCCCCCC/C=C\C/C=C\CCCCC. The fourth-order valence-electron chi connectivity index (χ4n) is 10.5. The molecule has 0 saturated carbocycles. The molecular weight excluding hydrogens is 1340 g/mol. The minimum atomic E-state index is -4.94. The van der Waals surface area contributed by atoms with Crippen LogP contribution in [-0.4, -0.2) is 95.9 Å². The van der Waals surface area contributed by atoms with Crippen LogP contribution >= 0.6 is 15.6 Å². The maximum atomic E-state index is 13.0. The molecule has 590 valence electrons. The molecule has 0 radical (unpaired) electrons. The molecule has 16 nitrogen and oxygen atoms in total. The number of hydrogen-bond acceptors (Lipinski definition) is 14. The van der Waals surface area contributed by atoms with E-state index in [-0.39, 0.29) is 19.3 Å². The van der Waals surface area contributed by atoms with E-state index in [2.05, 4.69) is 167 Å². The summed E-state index contributed by atoms with van der Waals surface area (Å²) in [7, 11) is -9.80. The second-order valence-electron chi connectivity index (χ2n) is 26.5. The van der Waals surface area contributed by atoms with Crippen LogP contribution in [0.1, 0.15) is 316 Å². The minimum absolute atomic E-state index is 0.0828. The summed E-state index contributed by atoms with van der Waals surface area (Å²) in [5.41, 5.74) is 0. The Morgan fingerprint density at radius 3 is 0.816 bits per heavy atom. The molecule has 0 aliphatic heterocycles. The lowest BCUT2D eigenvalue weighted by atomic mass is 10.0. The van der Waals surface area contributed by atoms with Gasteiger partial charge in [-0.2, -0.15) is 0 Å². The van der Waals surface area contributed by atoms with Crippen LogP contribution in [0.4, 0.5) is 0 Å². The van der Waals surface area contributed by atoms with Gasteiger partial charge in [0.25, 0.3) is 0 Å². The van der Waals surface area contributed by atoms with Crippen molar-refractivity contribution < 1.29 is 75.8 Å². The lowest BCUT2D eigenvalue weighted by Crippen LogP contribution is -2.30. The molecule has 0 amide bonds. The summed E-state index contributed by atoms with van der Waals surface area (Å²) in [5, 5.41) is 20.6. The van der Waals surface area contributed by atoms with Crippen molar-refractivity contribution >= 4 is 33.6 Å². The number of carbonyl (C=O) groups is 3. The smallest absolute Gasteiger partial charge is 0.463 e. The first-order valence-corrected chi connectivity index (χ1v) is 43.1. The first-order chi connectivity index (χ1) is 50.2. The Morgan fingerprint density at radius 1 is 0.282 bits per heavy atom. The number of phosphoric ester groups is 2. The molecule has 0 aliphatic carbocycles. The second-order valence-corrected chi connectivity index (χ2v) is 29.4. The van der Waals surface area contributed by atoms with Crippen molar-refractivity contribution in [3.63, 3.8) is 0 Å². The quantitative estimate of drug-likeness (QED) is 0.0146. The van der Waals surface area contributed by atoms with E-state index in [0.29, 0.717) is 19.3 Å². The van der Waals surface area contributed by atoms with E-state index in [0.717, 1.165) is 180 Å². The Labute approximate surface area is 626 Å². The molecule has 0 rings (SSSR count). The molecule has 5 atom stereocenters. The van der Waals surface area contributed by atoms with Gasteiger partial charge in [0.1, 0.15) is 25.4 Å². The topological polar surface area (TPSA) is 231 Å². The average molecular weight is 1480 g/mol. The Hall–Kier alpha value is -4.57. The average Bonchev–Trinajstić information content (AvgIpc) is 0.915. The lowest BCUT2D eigenvalue weighted by molar-refractivity contribution is -0.161. The van der Waals surface area contributed by atoms with E-state index in [1.54, 1.807) is 0 Å². The molecule has 0 aromatic carbocycles. The molecule has 0 aromatic rings. The molecule has 0 fully saturated rings. The predicted octanol–water partition coefficient (Wildman–Crippen LogP) is 23.7. The summed E-state index contributed by atoms with van der Waals surface area (Å²) in [4.78, 5) is 58.7. The van der Waals surface area contributed by atoms with Crippen LogP contribution < -0.4 is 0 Å². The minimum Gasteiger partial charge on any atom is -0.463 e. The Morgan fingerprint density at radius 2 is 0.515 bits per heavy atom. The van der Waals surface area contributed by atoms with Crippen LogP contribution in [0.15, 0.2) is 146 Å². The van der Waals surface area contributed by atoms with Gasteiger partial charge in [0.15, 0.2) is 6.10 Å². The zero-order valence-corrected chi connectivity index (χ0v) is 66.2. The van der Waals surface area contributed by atoms with Crippen LogP contribution in [0, 0.1) is 0 Å². The molecule has 0 aliphatic rings. The van der Waals surface area contributed by atoms with Crippen LogP contribution in [0.2, 0.25) is 0 Å². The number of phosphoric acid groups is 2. The van der Waals surface area contributed by atoms with Gasteiger partial charge in [-0.3, -0.25) is 32.5 Å². The molecule has 0 spiro atoms. The maximum Gasteiger partial charge on any atom is 0.472 e. The van der Waals surface area contributed by atoms with E-state index in [1.165, 1.54) is 77.0 Å². The highest BCUT2D eigenvalue weighted by Crippen LogP contribution is 2.45. The third kappa shape index (κ3) is 78.3. The van der Waals surface area contributed by atoms with Gasteiger partial charge >= 0.3 is 33.6 Å². The van der Waals surface area contributed by atoms with Crippen molar-refractivity contribution in [2.75, 3.05) is 39.6 Å².